The van der Waals surface area contributed by atoms with Gasteiger partial charge in [0.05, 0.1) is 6.21 Å². The van der Waals surface area contributed by atoms with Gasteiger partial charge in [-0.15, -0.1) is 0 Å². The lowest BCUT2D eigenvalue weighted by Gasteiger charge is -1.95. The largest absolute Gasteiger partial charge is 0.460 e. The van der Waals surface area contributed by atoms with Gasteiger partial charge in [-0.2, -0.15) is 5.10 Å². The second-order valence-corrected chi connectivity index (χ2v) is 5.91. The average molecular weight is 336 g/mol. The third-order valence-corrected chi connectivity index (χ3v) is 3.83. The summed E-state index contributed by atoms with van der Waals surface area (Å²) in [5.41, 5.74) is 2.89. The number of nitrogens with one attached hydrogen (secondary N) is 2. The molecule has 2 heterocycles. The fraction of sp³-hybridized carbons (Fsp3) is 0.286. The molecule has 0 saturated heterocycles. The Bertz CT molecular complexity index is 659. The molecule has 20 heavy (non-hydrogen) atoms. The van der Waals surface area contributed by atoms with Gasteiger partial charge in [0.25, 0.3) is 5.91 Å². The minimum Gasteiger partial charge on any atom is -0.460 e. The Morgan fingerprint density at radius 2 is 2.40 bits per heavy atom. The number of hydrogen-bond donors (Lipinski definition) is 2. The minimum absolute atomic E-state index is 0.297. The highest BCUT2D eigenvalue weighted by Crippen LogP contribution is 2.47. The molecule has 1 saturated carbocycles. The molecule has 104 valence electrons. The van der Waals surface area contributed by atoms with Crippen molar-refractivity contribution in [3.8, 4) is 0 Å². The van der Waals surface area contributed by atoms with Crippen LogP contribution in [-0.4, -0.2) is 17.1 Å². The molecule has 2 N–H and O–H groups in total. The number of nitrogens with zero attached hydrogens (tertiary/aromatic N) is 1. The van der Waals surface area contributed by atoms with E-state index in [1.807, 2.05) is 12.1 Å². The lowest BCUT2D eigenvalue weighted by molar-refractivity contribution is 0.0951. The van der Waals surface area contributed by atoms with Crippen LogP contribution < -0.4 is 5.43 Å². The topological polar surface area (TPSA) is 70.4 Å². The maximum Gasteiger partial charge on any atom is 0.287 e. The molecule has 0 aliphatic heterocycles. The number of halogens is 1. The molecule has 0 unspecified atom stereocenters. The first kappa shape index (κ1) is 13.2. The molecule has 5 nitrogen and oxygen atoms in total. The van der Waals surface area contributed by atoms with Crippen molar-refractivity contribution in [2.45, 2.75) is 19.3 Å². The van der Waals surface area contributed by atoms with Gasteiger partial charge in [-0.3, -0.25) is 4.79 Å². The summed E-state index contributed by atoms with van der Waals surface area (Å²) >= 11 is 3.27. The summed E-state index contributed by atoms with van der Waals surface area (Å²) in [6.45, 7) is 2.20. The van der Waals surface area contributed by atoms with Crippen molar-refractivity contribution < 1.29 is 9.21 Å². The quantitative estimate of drug-likeness (QED) is 0.665. The van der Waals surface area contributed by atoms with Crippen molar-refractivity contribution in [2.24, 2.45) is 11.0 Å². The van der Waals surface area contributed by atoms with E-state index in [0.29, 0.717) is 23.3 Å². The van der Waals surface area contributed by atoms with Crippen LogP contribution in [-0.2, 0) is 0 Å². The summed E-state index contributed by atoms with van der Waals surface area (Å²) in [6.07, 6.45) is 4.38. The van der Waals surface area contributed by atoms with Crippen molar-refractivity contribution in [2.75, 3.05) is 0 Å². The van der Waals surface area contributed by atoms with Gasteiger partial charge in [-0.25, -0.2) is 5.43 Å². The first-order chi connectivity index (χ1) is 9.63. The Morgan fingerprint density at radius 1 is 1.60 bits per heavy atom. The monoisotopic (exact) mass is 335 g/mol. The fourth-order valence-electron chi connectivity index (χ4n) is 2.07. The fourth-order valence-corrected chi connectivity index (χ4v) is 2.41. The first-order valence-corrected chi connectivity index (χ1v) is 7.20. The summed E-state index contributed by atoms with van der Waals surface area (Å²) in [6, 6.07) is 5.52. The maximum atomic E-state index is 11.7. The number of carbonyl (C=O) groups is 1. The normalized spacial score (nSPS) is 21.3. The third kappa shape index (κ3) is 2.85. The van der Waals surface area contributed by atoms with E-state index in [0.717, 1.165) is 10.2 Å². The summed E-state index contributed by atoms with van der Waals surface area (Å²) in [7, 11) is 0. The third-order valence-electron chi connectivity index (χ3n) is 3.37. The van der Waals surface area contributed by atoms with E-state index in [9.17, 15) is 4.79 Å². The Morgan fingerprint density at radius 3 is 3.05 bits per heavy atom. The second-order valence-electron chi connectivity index (χ2n) is 4.99. The van der Waals surface area contributed by atoms with Gasteiger partial charge < -0.3 is 9.40 Å². The minimum atomic E-state index is -0.297. The average Bonchev–Trinajstić information content (AvgIpc) is 2.82. The van der Waals surface area contributed by atoms with Crippen molar-refractivity contribution >= 4 is 28.1 Å². The Hall–Kier alpha value is -1.82. The smallest absolute Gasteiger partial charge is 0.287 e. The molecule has 0 spiro atoms. The van der Waals surface area contributed by atoms with Crippen LogP contribution in [0.5, 0.6) is 0 Å². The van der Waals surface area contributed by atoms with Gasteiger partial charge in [-0.05, 0) is 46.5 Å². The number of amides is 1. The molecule has 1 aliphatic rings. The molecular formula is C14H14BrN3O2. The summed E-state index contributed by atoms with van der Waals surface area (Å²) < 4.78 is 6.47. The molecular weight excluding hydrogens is 322 g/mol. The van der Waals surface area contributed by atoms with Gasteiger partial charge in [0.2, 0.25) is 0 Å². The van der Waals surface area contributed by atoms with E-state index in [-0.39, 0.29) is 5.91 Å². The van der Waals surface area contributed by atoms with Crippen molar-refractivity contribution in [1.29, 1.82) is 0 Å². The van der Waals surface area contributed by atoms with E-state index >= 15 is 0 Å². The highest BCUT2D eigenvalue weighted by atomic mass is 79.9. The number of aromatic amines is 1. The summed E-state index contributed by atoms with van der Waals surface area (Å²) in [4.78, 5) is 14.5. The standard InChI is InChI=1S/C14H14BrN3O2/c1-8-4-11(8)13-3-2-10(20-13)7-17-18-14(19)12-5-9(15)6-16-12/h2-3,5-8,11,16H,4H2,1H3,(H,18,19)/b17-7-/t8-,11-/m1/s1. The number of carbonyl (C=O) groups excluding carboxylic acids is 1. The maximum absolute atomic E-state index is 11.7. The Balaban J connectivity index is 1.57. The van der Waals surface area contributed by atoms with E-state index in [1.165, 1.54) is 12.6 Å². The molecule has 0 bridgehead atoms. The number of hydrogen-bond acceptors (Lipinski definition) is 3. The van der Waals surface area contributed by atoms with Gasteiger partial charge >= 0.3 is 0 Å². The number of H-pyrrole nitrogens is 1. The zero-order valence-electron chi connectivity index (χ0n) is 10.9. The lowest BCUT2D eigenvalue weighted by atomic mass is 10.3. The van der Waals surface area contributed by atoms with Crippen LogP contribution in [0.3, 0.4) is 0 Å². The van der Waals surface area contributed by atoms with Crippen LogP contribution in [0.15, 0.2) is 38.4 Å². The molecule has 0 aromatic carbocycles. The molecule has 1 amide bonds. The lowest BCUT2D eigenvalue weighted by Crippen LogP contribution is -2.17. The van der Waals surface area contributed by atoms with Crippen LogP contribution in [0.25, 0.3) is 0 Å². The second kappa shape index (κ2) is 5.28. The van der Waals surface area contributed by atoms with E-state index in [4.69, 9.17) is 4.42 Å². The summed E-state index contributed by atoms with van der Waals surface area (Å²) in [5.74, 6) is 2.60. The van der Waals surface area contributed by atoms with Crippen LogP contribution in [0, 0.1) is 5.92 Å². The number of rotatable bonds is 4. The van der Waals surface area contributed by atoms with Crippen molar-refractivity contribution in [3.63, 3.8) is 0 Å². The van der Waals surface area contributed by atoms with E-state index < -0.39 is 0 Å². The first-order valence-electron chi connectivity index (χ1n) is 6.40. The Kier molecular flexibility index (Phi) is 3.48. The highest BCUT2D eigenvalue weighted by Gasteiger charge is 2.36. The summed E-state index contributed by atoms with van der Waals surface area (Å²) in [5, 5.41) is 3.89. The van der Waals surface area contributed by atoms with Gasteiger partial charge in [0.15, 0.2) is 0 Å². The molecule has 6 heteroatoms. The highest BCUT2D eigenvalue weighted by molar-refractivity contribution is 9.10. The number of aromatic nitrogens is 1. The Labute approximate surface area is 124 Å². The molecule has 2 atom stereocenters. The molecule has 2 aromatic heterocycles. The van der Waals surface area contributed by atoms with Gasteiger partial charge in [0.1, 0.15) is 17.2 Å². The van der Waals surface area contributed by atoms with Crippen LogP contribution in [0.1, 0.15) is 41.3 Å². The number of hydrazone groups is 1. The van der Waals surface area contributed by atoms with E-state index in [2.05, 4.69) is 38.4 Å². The zero-order chi connectivity index (χ0) is 14.1. The predicted octanol–water partition coefficient (Wildman–Crippen LogP) is 3.26. The molecule has 1 aliphatic carbocycles. The van der Waals surface area contributed by atoms with Crippen molar-refractivity contribution in [3.05, 3.63) is 46.1 Å². The van der Waals surface area contributed by atoms with Crippen LogP contribution in [0.4, 0.5) is 0 Å². The van der Waals surface area contributed by atoms with Gasteiger partial charge in [-0.1, -0.05) is 6.92 Å². The van der Waals surface area contributed by atoms with Crippen LogP contribution in [0.2, 0.25) is 0 Å². The molecule has 0 radical (unpaired) electrons. The predicted molar refractivity (Wildman–Crippen MR) is 78.8 cm³/mol. The SMILES string of the molecule is C[C@@H]1C[C@H]1c1ccc(/C=N\NC(=O)c2cc(Br)c[nH]2)o1. The molecule has 1 fully saturated rings. The molecule has 3 rings (SSSR count). The van der Waals surface area contributed by atoms with Crippen molar-refractivity contribution in [1.82, 2.24) is 10.4 Å². The van der Waals surface area contributed by atoms with E-state index in [1.54, 1.807) is 12.3 Å². The molecule has 2 aromatic rings. The zero-order valence-corrected chi connectivity index (χ0v) is 12.5. The van der Waals surface area contributed by atoms with Crippen LogP contribution >= 0.6 is 15.9 Å². The van der Waals surface area contributed by atoms with Gasteiger partial charge in [0, 0.05) is 16.6 Å². The number of furan rings is 1.